The Labute approximate surface area is 108 Å². The molecule has 1 heterocycles. The molecule has 2 aromatic rings. The summed E-state index contributed by atoms with van der Waals surface area (Å²) in [6, 6.07) is 9.37. The quantitative estimate of drug-likeness (QED) is 0.658. The molecule has 7 heteroatoms. The molecule has 0 amide bonds. The molecule has 1 aromatic carbocycles. The Morgan fingerprint density at radius 2 is 2.11 bits per heavy atom. The van der Waals surface area contributed by atoms with E-state index in [-0.39, 0.29) is 5.75 Å². The van der Waals surface area contributed by atoms with Gasteiger partial charge in [-0.25, -0.2) is 4.68 Å². The predicted octanol–water partition coefficient (Wildman–Crippen LogP) is 1.28. The van der Waals surface area contributed by atoms with E-state index in [1.54, 1.807) is 7.11 Å². The van der Waals surface area contributed by atoms with Gasteiger partial charge >= 0.3 is 0 Å². The maximum absolute atomic E-state index is 8.52. The first-order valence-electron chi connectivity index (χ1n) is 5.11. The number of nitrogen functional groups attached to an aromatic ring is 1. The molecule has 6 nitrogen and oxygen atoms in total. The number of nitrogens with two attached hydrogens (primary N) is 1. The van der Waals surface area contributed by atoms with Crippen molar-refractivity contribution in [2.75, 3.05) is 18.7 Å². The highest BCUT2D eigenvalue weighted by Crippen LogP contribution is 2.23. The van der Waals surface area contributed by atoms with Gasteiger partial charge in [0.2, 0.25) is 5.16 Å². The highest BCUT2D eigenvalue weighted by molar-refractivity contribution is 7.99. The van der Waals surface area contributed by atoms with Crippen molar-refractivity contribution in [1.29, 1.82) is 5.26 Å². The monoisotopic (exact) mass is 261 g/mol. The Kier molecular flexibility index (Phi) is 3.69. The number of hydrogen-bond acceptors (Lipinski definition) is 6. The standard InChI is InChI=1S/C11H11N5OS/c1-17-9-4-2-8(3-5-9)10-14-15-11(16(10)13)18-7-6-12/h2-5H,7,13H2,1H3. The van der Waals surface area contributed by atoms with Crippen molar-refractivity contribution in [3.8, 4) is 23.2 Å². The number of nitrogens with zero attached hydrogens (tertiary/aromatic N) is 4. The lowest BCUT2D eigenvalue weighted by Crippen LogP contribution is -2.11. The number of methoxy groups -OCH3 is 1. The summed E-state index contributed by atoms with van der Waals surface area (Å²) in [6.07, 6.45) is 0. The smallest absolute Gasteiger partial charge is 0.211 e. The third-order valence-electron chi connectivity index (χ3n) is 2.28. The van der Waals surface area contributed by atoms with Crippen molar-refractivity contribution in [3.63, 3.8) is 0 Å². The predicted molar refractivity (Wildman–Crippen MR) is 68.5 cm³/mol. The fraction of sp³-hybridized carbons (Fsp3) is 0.182. The molecule has 0 spiro atoms. The van der Waals surface area contributed by atoms with Crippen LogP contribution in [0.1, 0.15) is 0 Å². The first kappa shape index (κ1) is 12.3. The minimum atomic E-state index is 0.290. The van der Waals surface area contributed by atoms with Crippen LogP contribution in [0.15, 0.2) is 29.4 Å². The zero-order valence-electron chi connectivity index (χ0n) is 9.70. The van der Waals surface area contributed by atoms with Crippen LogP contribution >= 0.6 is 11.8 Å². The minimum absolute atomic E-state index is 0.290. The van der Waals surface area contributed by atoms with Crippen LogP contribution in [-0.2, 0) is 0 Å². The van der Waals surface area contributed by atoms with E-state index in [1.807, 2.05) is 30.3 Å². The number of rotatable bonds is 4. The van der Waals surface area contributed by atoms with Crippen LogP contribution in [0.4, 0.5) is 0 Å². The zero-order chi connectivity index (χ0) is 13.0. The third kappa shape index (κ3) is 2.38. The minimum Gasteiger partial charge on any atom is -0.497 e. The van der Waals surface area contributed by atoms with Crippen LogP contribution in [0.5, 0.6) is 5.75 Å². The summed E-state index contributed by atoms with van der Waals surface area (Å²) in [4.78, 5) is 0. The van der Waals surface area contributed by atoms with Crippen LogP contribution < -0.4 is 10.6 Å². The summed E-state index contributed by atoms with van der Waals surface area (Å²) in [6.45, 7) is 0. The zero-order valence-corrected chi connectivity index (χ0v) is 10.5. The Balaban J connectivity index is 2.27. The van der Waals surface area contributed by atoms with E-state index in [1.165, 1.54) is 16.4 Å². The Hall–Kier alpha value is -2.20. The van der Waals surface area contributed by atoms with Gasteiger partial charge in [0.15, 0.2) is 5.82 Å². The summed E-state index contributed by atoms with van der Waals surface area (Å²) < 4.78 is 6.46. The van der Waals surface area contributed by atoms with Crippen LogP contribution in [-0.4, -0.2) is 27.7 Å². The summed E-state index contributed by atoms with van der Waals surface area (Å²) in [5.74, 6) is 7.49. The average molecular weight is 261 g/mol. The summed E-state index contributed by atoms with van der Waals surface area (Å²) >= 11 is 1.25. The van der Waals surface area contributed by atoms with E-state index in [0.29, 0.717) is 11.0 Å². The van der Waals surface area contributed by atoms with Gasteiger partial charge in [-0.1, -0.05) is 11.8 Å². The van der Waals surface area contributed by atoms with Crippen LogP contribution in [0.25, 0.3) is 11.4 Å². The van der Waals surface area contributed by atoms with Gasteiger partial charge in [-0.15, -0.1) is 10.2 Å². The van der Waals surface area contributed by atoms with Crippen molar-refractivity contribution in [1.82, 2.24) is 14.9 Å². The second-order valence-corrected chi connectivity index (χ2v) is 4.29. The van der Waals surface area contributed by atoms with Gasteiger partial charge in [0.25, 0.3) is 0 Å². The van der Waals surface area contributed by atoms with E-state index in [9.17, 15) is 0 Å². The number of thioether (sulfide) groups is 1. The van der Waals surface area contributed by atoms with Gasteiger partial charge in [-0.3, -0.25) is 0 Å². The molecule has 1 aromatic heterocycles. The molecular formula is C11H11N5OS. The third-order valence-corrected chi connectivity index (χ3v) is 3.09. The lowest BCUT2D eigenvalue weighted by molar-refractivity contribution is 0.415. The molecule has 0 saturated carbocycles. The molecule has 2 rings (SSSR count). The molecule has 0 fully saturated rings. The molecule has 0 atom stereocenters. The van der Waals surface area contributed by atoms with Gasteiger partial charge < -0.3 is 10.6 Å². The highest BCUT2D eigenvalue weighted by Gasteiger charge is 2.11. The molecule has 0 aliphatic rings. The fourth-order valence-electron chi connectivity index (χ4n) is 1.41. The van der Waals surface area contributed by atoms with E-state index < -0.39 is 0 Å². The molecule has 0 aliphatic heterocycles. The first-order chi connectivity index (χ1) is 8.76. The van der Waals surface area contributed by atoms with Crippen molar-refractivity contribution in [2.24, 2.45) is 0 Å². The number of aromatic nitrogens is 3. The Morgan fingerprint density at radius 3 is 2.72 bits per heavy atom. The molecule has 0 aliphatic carbocycles. The molecule has 92 valence electrons. The molecule has 0 radical (unpaired) electrons. The van der Waals surface area contributed by atoms with Gasteiger partial charge in [-0.2, -0.15) is 5.26 Å². The maximum atomic E-state index is 8.52. The van der Waals surface area contributed by atoms with Crippen molar-refractivity contribution in [2.45, 2.75) is 5.16 Å². The van der Waals surface area contributed by atoms with Crippen LogP contribution in [0.3, 0.4) is 0 Å². The lowest BCUT2D eigenvalue weighted by Gasteiger charge is -2.03. The highest BCUT2D eigenvalue weighted by atomic mass is 32.2. The van der Waals surface area contributed by atoms with E-state index >= 15 is 0 Å². The van der Waals surface area contributed by atoms with Gasteiger partial charge in [-0.05, 0) is 24.3 Å². The second kappa shape index (κ2) is 5.42. The Bertz CT molecular complexity index is 572. The summed E-state index contributed by atoms with van der Waals surface area (Å²) in [5.41, 5.74) is 0.842. The SMILES string of the molecule is COc1ccc(-c2nnc(SCC#N)n2N)cc1. The normalized spacial score (nSPS) is 10.0. The molecular weight excluding hydrogens is 250 g/mol. The van der Waals surface area contributed by atoms with Crippen LogP contribution in [0, 0.1) is 11.3 Å². The van der Waals surface area contributed by atoms with Crippen LogP contribution in [0.2, 0.25) is 0 Å². The number of hydrogen-bond donors (Lipinski definition) is 1. The second-order valence-electron chi connectivity index (χ2n) is 3.35. The Morgan fingerprint density at radius 1 is 1.39 bits per heavy atom. The molecule has 0 unspecified atom stereocenters. The fourth-order valence-corrected chi connectivity index (χ4v) is 1.93. The van der Waals surface area contributed by atoms with E-state index in [0.717, 1.165) is 11.3 Å². The number of benzene rings is 1. The maximum Gasteiger partial charge on any atom is 0.211 e. The molecule has 0 bridgehead atoms. The molecule has 18 heavy (non-hydrogen) atoms. The summed E-state index contributed by atoms with van der Waals surface area (Å²) in [7, 11) is 1.61. The van der Waals surface area contributed by atoms with Crippen molar-refractivity contribution < 1.29 is 4.74 Å². The number of nitriles is 1. The van der Waals surface area contributed by atoms with Crippen molar-refractivity contribution >= 4 is 11.8 Å². The van der Waals surface area contributed by atoms with Crippen molar-refractivity contribution in [3.05, 3.63) is 24.3 Å². The van der Waals surface area contributed by atoms with E-state index in [2.05, 4.69) is 10.2 Å². The van der Waals surface area contributed by atoms with Gasteiger partial charge in [0, 0.05) is 5.56 Å². The molecule has 2 N–H and O–H groups in total. The van der Waals surface area contributed by atoms with Gasteiger partial charge in [0.1, 0.15) is 5.75 Å². The van der Waals surface area contributed by atoms with Gasteiger partial charge in [0.05, 0.1) is 18.9 Å². The average Bonchev–Trinajstić information content (AvgIpc) is 2.78. The largest absolute Gasteiger partial charge is 0.497 e. The van der Waals surface area contributed by atoms with E-state index in [4.69, 9.17) is 15.8 Å². The lowest BCUT2D eigenvalue weighted by atomic mass is 10.2. The topological polar surface area (TPSA) is 89.8 Å². The molecule has 0 saturated heterocycles. The number of ether oxygens (including phenoxy) is 1. The first-order valence-corrected chi connectivity index (χ1v) is 6.09. The summed E-state index contributed by atoms with van der Waals surface area (Å²) in [5, 5.41) is 17.0.